The molecule has 0 spiro atoms. The number of hydrogen-bond acceptors (Lipinski definition) is 5. The first kappa shape index (κ1) is 21.5. The third-order valence-corrected chi connectivity index (χ3v) is 4.63. The van der Waals surface area contributed by atoms with Crippen LogP contribution in [0, 0.1) is 11.3 Å². The van der Waals surface area contributed by atoms with Crippen molar-refractivity contribution in [3.63, 3.8) is 0 Å². The minimum atomic E-state index is -0.650. The summed E-state index contributed by atoms with van der Waals surface area (Å²) in [5, 5.41) is 12.1. The smallest absolute Gasteiger partial charge is 0.339 e. The van der Waals surface area contributed by atoms with Gasteiger partial charge in [0.1, 0.15) is 0 Å². The molecule has 0 aromatic heterocycles. The number of carbonyl (C=O) groups is 3. The van der Waals surface area contributed by atoms with Crippen molar-refractivity contribution in [1.29, 1.82) is 5.26 Å². The first-order valence-electron chi connectivity index (χ1n) is 9.72. The van der Waals surface area contributed by atoms with Gasteiger partial charge in [0.05, 0.1) is 17.2 Å². The maximum Gasteiger partial charge on any atom is 0.339 e. The number of benzene rings is 3. The van der Waals surface area contributed by atoms with Gasteiger partial charge in [-0.3, -0.25) is 9.59 Å². The van der Waals surface area contributed by atoms with Gasteiger partial charge in [-0.25, -0.2) is 4.79 Å². The molecule has 3 aromatic carbocycles. The van der Waals surface area contributed by atoms with Crippen LogP contribution in [0.15, 0.2) is 72.8 Å². The molecule has 0 saturated heterocycles. The highest BCUT2D eigenvalue weighted by Gasteiger charge is 2.17. The third-order valence-electron chi connectivity index (χ3n) is 4.63. The van der Waals surface area contributed by atoms with Crippen molar-refractivity contribution in [3.8, 4) is 17.2 Å². The molecule has 0 fully saturated rings. The molecule has 3 aromatic rings. The Hall–Kier alpha value is -4.24. The standard InChI is InChI=1S/C25H20N2O4/c1-2-24(29)27-19-13-11-17(12-14-19)23(28)16-31-25(30)22-10-6-5-9-21(22)20-8-4-3-7-18(20)15-26/h3-14H,2,16H2,1H3,(H,27,29). The van der Waals surface area contributed by atoms with Gasteiger partial charge < -0.3 is 10.1 Å². The Labute approximate surface area is 180 Å². The number of nitrogens with one attached hydrogen (secondary N) is 1. The molecule has 0 heterocycles. The van der Waals surface area contributed by atoms with E-state index in [-0.39, 0.29) is 17.3 Å². The lowest BCUT2D eigenvalue weighted by atomic mass is 9.96. The normalized spacial score (nSPS) is 10.1. The molecule has 6 nitrogen and oxygen atoms in total. The number of amides is 1. The Balaban J connectivity index is 1.71. The van der Waals surface area contributed by atoms with Crippen molar-refractivity contribution >= 4 is 23.3 Å². The Morgan fingerprint density at radius 1 is 0.903 bits per heavy atom. The molecule has 0 unspecified atom stereocenters. The lowest BCUT2D eigenvalue weighted by Gasteiger charge is -2.11. The summed E-state index contributed by atoms with van der Waals surface area (Å²) in [5.41, 5.74) is 2.85. The van der Waals surface area contributed by atoms with E-state index in [2.05, 4.69) is 11.4 Å². The zero-order chi connectivity index (χ0) is 22.2. The van der Waals surface area contributed by atoms with E-state index in [0.717, 1.165) is 0 Å². The van der Waals surface area contributed by atoms with Crippen LogP contribution >= 0.6 is 0 Å². The maximum absolute atomic E-state index is 12.7. The number of nitriles is 1. The number of ketones is 1. The molecule has 0 aliphatic carbocycles. The van der Waals surface area contributed by atoms with Crippen LogP contribution < -0.4 is 5.32 Å². The van der Waals surface area contributed by atoms with Gasteiger partial charge in [-0.05, 0) is 42.0 Å². The summed E-state index contributed by atoms with van der Waals surface area (Å²) in [6, 6.07) is 22.3. The lowest BCUT2D eigenvalue weighted by Crippen LogP contribution is -2.15. The van der Waals surface area contributed by atoms with Crippen LogP contribution in [0.5, 0.6) is 0 Å². The molecule has 0 aliphatic heterocycles. The monoisotopic (exact) mass is 412 g/mol. The van der Waals surface area contributed by atoms with Crippen molar-refractivity contribution in [1.82, 2.24) is 0 Å². The maximum atomic E-state index is 12.7. The quantitative estimate of drug-likeness (QED) is 0.451. The SMILES string of the molecule is CCC(=O)Nc1ccc(C(=O)COC(=O)c2ccccc2-c2ccccc2C#N)cc1. The number of Topliss-reactive ketones (excluding diaryl/α,β-unsaturated/α-hetero) is 1. The predicted octanol–water partition coefficient (Wildman–Crippen LogP) is 4.61. The molecular formula is C25H20N2O4. The van der Waals surface area contributed by atoms with Gasteiger partial charge >= 0.3 is 5.97 Å². The van der Waals surface area contributed by atoms with E-state index in [4.69, 9.17) is 4.74 Å². The molecular weight excluding hydrogens is 392 g/mol. The summed E-state index contributed by atoms with van der Waals surface area (Å²) in [7, 11) is 0. The fourth-order valence-corrected chi connectivity index (χ4v) is 2.99. The summed E-state index contributed by atoms with van der Waals surface area (Å²) >= 11 is 0. The van der Waals surface area contributed by atoms with Crippen molar-refractivity contribution in [2.75, 3.05) is 11.9 Å². The molecule has 0 aliphatic rings. The van der Waals surface area contributed by atoms with Crippen molar-refractivity contribution in [3.05, 3.63) is 89.5 Å². The highest BCUT2D eigenvalue weighted by atomic mass is 16.5. The number of nitrogens with zero attached hydrogens (tertiary/aromatic N) is 1. The van der Waals surface area contributed by atoms with E-state index >= 15 is 0 Å². The molecule has 0 radical (unpaired) electrons. The number of esters is 1. The summed E-state index contributed by atoms with van der Waals surface area (Å²) in [6.45, 7) is 1.33. The van der Waals surface area contributed by atoms with Crippen molar-refractivity contribution in [2.45, 2.75) is 13.3 Å². The second-order valence-corrected chi connectivity index (χ2v) is 6.68. The van der Waals surface area contributed by atoms with E-state index in [1.54, 1.807) is 79.7 Å². The van der Waals surface area contributed by atoms with Crippen molar-refractivity contribution in [2.24, 2.45) is 0 Å². The number of carbonyl (C=O) groups excluding carboxylic acids is 3. The first-order chi connectivity index (χ1) is 15.0. The molecule has 31 heavy (non-hydrogen) atoms. The number of hydrogen-bond donors (Lipinski definition) is 1. The van der Waals surface area contributed by atoms with E-state index in [0.29, 0.717) is 34.4 Å². The fraction of sp³-hybridized carbons (Fsp3) is 0.120. The topological polar surface area (TPSA) is 96.3 Å². The van der Waals surface area contributed by atoms with Crippen LogP contribution in [0.3, 0.4) is 0 Å². The second-order valence-electron chi connectivity index (χ2n) is 6.68. The van der Waals surface area contributed by atoms with Crippen molar-refractivity contribution < 1.29 is 19.1 Å². The summed E-state index contributed by atoms with van der Waals surface area (Å²) in [4.78, 5) is 36.5. The lowest BCUT2D eigenvalue weighted by molar-refractivity contribution is -0.115. The fourth-order valence-electron chi connectivity index (χ4n) is 2.99. The second kappa shape index (κ2) is 9.99. The average molecular weight is 412 g/mol. The highest BCUT2D eigenvalue weighted by molar-refractivity contribution is 6.02. The minimum absolute atomic E-state index is 0.121. The summed E-state index contributed by atoms with van der Waals surface area (Å²) < 4.78 is 5.25. The van der Waals surface area contributed by atoms with Crippen LogP contribution in [0.2, 0.25) is 0 Å². The molecule has 0 atom stereocenters. The Kier molecular flexibility index (Phi) is 6.92. The van der Waals surface area contributed by atoms with Gasteiger partial charge in [0.2, 0.25) is 5.91 Å². The van der Waals surface area contributed by atoms with Crippen LogP contribution in [-0.4, -0.2) is 24.3 Å². The Morgan fingerprint density at radius 3 is 2.23 bits per heavy atom. The minimum Gasteiger partial charge on any atom is -0.454 e. The van der Waals surface area contributed by atoms with Gasteiger partial charge in [-0.1, -0.05) is 43.3 Å². The number of rotatable bonds is 7. The van der Waals surface area contributed by atoms with E-state index in [1.165, 1.54) is 0 Å². The molecule has 3 rings (SSSR count). The number of anilines is 1. The van der Waals surface area contributed by atoms with Gasteiger partial charge in [-0.2, -0.15) is 5.26 Å². The highest BCUT2D eigenvalue weighted by Crippen LogP contribution is 2.27. The Bertz CT molecular complexity index is 1160. The molecule has 6 heteroatoms. The van der Waals surface area contributed by atoms with Gasteiger partial charge in [0.25, 0.3) is 0 Å². The van der Waals surface area contributed by atoms with E-state index in [9.17, 15) is 19.6 Å². The zero-order valence-corrected chi connectivity index (χ0v) is 16.9. The zero-order valence-electron chi connectivity index (χ0n) is 16.9. The summed E-state index contributed by atoms with van der Waals surface area (Å²) in [5.74, 6) is -1.13. The van der Waals surface area contributed by atoms with Crippen LogP contribution in [-0.2, 0) is 9.53 Å². The average Bonchev–Trinajstić information content (AvgIpc) is 2.82. The van der Waals surface area contributed by atoms with Crippen LogP contribution in [0.1, 0.15) is 39.6 Å². The summed E-state index contributed by atoms with van der Waals surface area (Å²) in [6.07, 6.45) is 0.358. The largest absolute Gasteiger partial charge is 0.454 e. The predicted molar refractivity (Wildman–Crippen MR) is 117 cm³/mol. The molecule has 1 N–H and O–H groups in total. The third kappa shape index (κ3) is 5.22. The molecule has 154 valence electrons. The van der Waals surface area contributed by atoms with Crippen LogP contribution in [0.4, 0.5) is 5.69 Å². The van der Waals surface area contributed by atoms with Gasteiger partial charge in [0, 0.05) is 23.2 Å². The molecule has 0 bridgehead atoms. The number of ether oxygens (including phenoxy) is 1. The molecule has 0 saturated carbocycles. The first-order valence-corrected chi connectivity index (χ1v) is 9.72. The van der Waals surface area contributed by atoms with Gasteiger partial charge in [0.15, 0.2) is 12.4 Å². The van der Waals surface area contributed by atoms with Gasteiger partial charge in [-0.15, -0.1) is 0 Å². The van der Waals surface area contributed by atoms with Crippen LogP contribution in [0.25, 0.3) is 11.1 Å². The molecule has 1 amide bonds. The Morgan fingerprint density at radius 2 is 1.55 bits per heavy atom. The van der Waals surface area contributed by atoms with E-state index in [1.807, 2.05) is 0 Å². The van der Waals surface area contributed by atoms with E-state index < -0.39 is 12.6 Å².